The van der Waals surface area contributed by atoms with Crippen LogP contribution in [0.25, 0.3) is 0 Å². The summed E-state index contributed by atoms with van der Waals surface area (Å²) in [6, 6.07) is 6.12. The zero-order valence-corrected chi connectivity index (χ0v) is 19.8. The Labute approximate surface area is 195 Å². The molecule has 2 amide bonds. The smallest absolute Gasteiger partial charge is 0.308 e. The molecule has 1 aliphatic heterocycles. The van der Waals surface area contributed by atoms with Crippen molar-refractivity contribution in [3.05, 3.63) is 29.8 Å². The third-order valence-electron chi connectivity index (χ3n) is 5.02. The Kier molecular flexibility index (Phi) is 10.4. The molecule has 176 valence electrons. The molecule has 1 aromatic carbocycles. The fourth-order valence-corrected chi connectivity index (χ4v) is 3.44. The molecule has 1 atom stereocenters. The Morgan fingerprint density at radius 2 is 2.03 bits per heavy atom. The molecule has 0 aliphatic carbocycles. The van der Waals surface area contributed by atoms with Crippen LogP contribution in [0.4, 0.5) is 0 Å². The average molecular weight is 464 g/mol. The van der Waals surface area contributed by atoms with E-state index in [2.05, 4.69) is 24.5 Å². The van der Waals surface area contributed by atoms with Crippen molar-refractivity contribution >= 4 is 35.1 Å². The molecular weight excluding hydrogens is 430 g/mol. The number of hydrogen-bond donors (Lipinski definition) is 2. The quantitative estimate of drug-likeness (QED) is 0.313. The van der Waals surface area contributed by atoms with Gasteiger partial charge in [-0.25, -0.2) is 0 Å². The molecule has 1 unspecified atom stereocenters. The standard InChI is InChI=1S/C23H33N3O5S/c1-4-5-13-31-20(27)15-18-22(29)24-11-12-26(18)23(32)25-21(28)17-8-6-7-9-19(17)30-14-10-16(2)3/h6-9,16,18H,4-5,10-15H2,1-3H3,(H,24,29)(H,25,28,32). The summed E-state index contributed by atoms with van der Waals surface area (Å²) in [5, 5.41) is 5.51. The van der Waals surface area contributed by atoms with E-state index in [1.165, 1.54) is 0 Å². The lowest BCUT2D eigenvalue weighted by Crippen LogP contribution is -2.60. The molecule has 2 N–H and O–H groups in total. The molecule has 0 spiro atoms. The van der Waals surface area contributed by atoms with Crippen LogP contribution in [0, 0.1) is 5.92 Å². The van der Waals surface area contributed by atoms with Crippen LogP contribution in [-0.2, 0) is 14.3 Å². The maximum absolute atomic E-state index is 12.9. The van der Waals surface area contributed by atoms with Gasteiger partial charge < -0.3 is 19.7 Å². The zero-order valence-electron chi connectivity index (χ0n) is 19.0. The molecule has 0 radical (unpaired) electrons. The van der Waals surface area contributed by atoms with Crippen molar-refractivity contribution in [2.75, 3.05) is 26.3 Å². The van der Waals surface area contributed by atoms with E-state index in [4.69, 9.17) is 21.7 Å². The van der Waals surface area contributed by atoms with Gasteiger partial charge in [0.2, 0.25) is 5.91 Å². The maximum Gasteiger partial charge on any atom is 0.308 e. The lowest BCUT2D eigenvalue weighted by atomic mass is 10.1. The lowest BCUT2D eigenvalue weighted by molar-refractivity contribution is -0.147. The van der Waals surface area contributed by atoms with Crippen molar-refractivity contribution in [3.63, 3.8) is 0 Å². The number of benzene rings is 1. The minimum absolute atomic E-state index is 0.0909. The summed E-state index contributed by atoms with van der Waals surface area (Å²) in [5.74, 6) is -0.257. The largest absolute Gasteiger partial charge is 0.493 e. The second kappa shape index (κ2) is 13.0. The highest BCUT2D eigenvalue weighted by molar-refractivity contribution is 7.80. The summed E-state index contributed by atoms with van der Waals surface area (Å²) < 4.78 is 11.0. The Morgan fingerprint density at radius 3 is 2.75 bits per heavy atom. The normalized spacial score (nSPS) is 15.8. The van der Waals surface area contributed by atoms with Crippen LogP contribution in [0.3, 0.4) is 0 Å². The minimum atomic E-state index is -0.830. The highest BCUT2D eigenvalue weighted by Gasteiger charge is 2.34. The van der Waals surface area contributed by atoms with E-state index in [-0.39, 0.29) is 17.4 Å². The second-order valence-electron chi connectivity index (χ2n) is 8.06. The Bertz CT molecular complexity index is 815. The van der Waals surface area contributed by atoms with Crippen molar-refractivity contribution in [3.8, 4) is 5.75 Å². The summed E-state index contributed by atoms with van der Waals surface area (Å²) in [6.45, 7) is 7.77. The molecule has 32 heavy (non-hydrogen) atoms. The van der Waals surface area contributed by atoms with Crippen molar-refractivity contribution in [2.45, 2.75) is 52.5 Å². The predicted octanol–water partition coefficient (Wildman–Crippen LogP) is 2.66. The third kappa shape index (κ3) is 7.78. The third-order valence-corrected chi connectivity index (χ3v) is 5.35. The minimum Gasteiger partial charge on any atom is -0.493 e. The number of esters is 1. The first-order valence-electron chi connectivity index (χ1n) is 11.1. The average Bonchev–Trinajstić information content (AvgIpc) is 2.75. The SMILES string of the molecule is CCCCOC(=O)CC1C(=O)NCCN1C(=S)NC(=O)c1ccccc1OCCC(C)C. The van der Waals surface area contributed by atoms with E-state index in [0.29, 0.717) is 43.5 Å². The van der Waals surface area contributed by atoms with E-state index in [0.717, 1.165) is 19.3 Å². The van der Waals surface area contributed by atoms with Gasteiger partial charge in [0.1, 0.15) is 11.8 Å². The number of nitrogens with one attached hydrogen (secondary N) is 2. The van der Waals surface area contributed by atoms with Gasteiger partial charge in [-0.15, -0.1) is 0 Å². The van der Waals surface area contributed by atoms with Crippen LogP contribution >= 0.6 is 12.2 Å². The van der Waals surface area contributed by atoms with Crippen molar-refractivity contribution in [1.29, 1.82) is 0 Å². The van der Waals surface area contributed by atoms with Crippen LogP contribution in [0.15, 0.2) is 24.3 Å². The van der Waals surface area contributed by atoms with Crippen LogP contribution in [0.5, 0.6) is 5.75 Å². The Morgan fingerprint density at radius 1 is 1.28 bits per heavy atom. The van der Waals surface area contributed by atoms with Gasteiger partial charge in [0.05, 0.1) is 25.2 Å². The second-order valence-corrected chi connectivity index (χ2v) is 8.45. The van der Waals surface area contributed by atoms with E-state index in [1.807, 2.05) is 6.92 Å². The molecule has 1 aromatic rings. The number of carbonyl (C=O) groups is 3. The van der Waals surface area contributed by atoms with Gasteiger partial charge in [-0.2, -0.15) is 0 Å². The Balaban J connectivity index is 2.03. The van der Waals surface area contributed by atoms with Crippen molar-refractivity contribution < 1.29 is 23.9 Å². The summed E-state index contributed by atoms with van der Waals surface area (Å²) in [4.78, 5) is 39.0. The topological polar surface area (TPSA) is 97.0 Å². The summed E-state index contributed by atoms with van der Waals surface area (Å²) in [5.41, 5.74) is 0.357. The zero-order chi connectivity index (χ0) is 23.5. The van der Waals surface area contributed by atoms with Gasteiger partial charge >= 0.3 is 5.97 Å². The van der Waals surface area contributed by atoms with Crippen LogP contribution in [0.1, 0.15) is 56.8 Å². The highest BCUT2D eigenvalue weighted by atomic mass is 32.1. The molecule has 1 saturated heterocycles. The van der Waals surface area contributed by atoms with Crippen molar-refractivity contribution in [2.24, 2.45) is 5.92 Å². The lowest BCUT2D eigenvalue weighted by Gasteiger charge is -2.36. The summed E-state index contributed by atoms with van der Waals surface area (Å²) in [6.07, 6.45) is 2.40. The van der Waals surface area contributed by atoms with Crippen LogP contribution < -0.4 is 15.4 Å². The molecule has 0 saturated carbocycles. The number of nitrogens with zero attached hydrogens (tertiary/aromatic N) is 1. The van der Waals surface area contributed by atoms with Crippen molar-refractivity contribution in [1.82, 2.24) is 15.5 Å². The number of rotatable bonds is 10. The van der Waals surface area contributed by atoms with Gasteiger partial charge in [0.25, 0.3) is 5.91 Å². The Hall–Kier alpha value is -2.68. The van der Waals surface area contributed by atoms with Crippen LogP contribution in [-0.4, -0.2) is 60.1 Å². The summed E-state index contributed by atoms with van der Waals surface area (Å²) >= 11 is 5.43. The molecule has 1 aliphatic rings. The number of hydrogen-bond acceptors (Lipinski definition) is 6. The molecule has 2 rings (SSSR count). The summed E-state index contributed by atoms with van der Waals surface area (Å²) in [7, 11) is 0. The van der Waals surface area contributed by atoms with Gasteiger partial charge in [0, 0.05) is 13.1 Å². The number of para-hydroxylation sites is 1. The van der Waals surface area contributed by atoms with Crippen LogP contribution in [0.2, 0.25) is 0 Å². The maximum atomic E-state index is 12.9. The van der Waals surface area contributed by atoms with E-state index < -0.39 is 17.9 Å². The fraction of sp³-hybridized carbons (Fsp3) is 0.565. The number of carbonyl (C=O) groups excluding carboxylic acids is 3. The number of unbranched alkanes of at least 4 members (excludes halogenated alkanes) is 1. The molecule has 1 fully saturated rings. The van der Waals surface area contributed by atoms with Gasteiger partial charge in [-0.05, 0) is 43.1 Å². The molecular formula is C23H33N3O5S. The first kappa shape index (κ1) is 25.6. The van der Waals surface area contributed by atoms with E-state index >= 15 is 0 Å². The van der Waals surface area contributed by atoms with E-state index in [9.17, 15) is 14.4 Å². The number of ether oxygens (including phenoxy) is 2. The molecule has 8 nitrogen and oxygen atoms in total. The monoisotopic (exact) mass is 463 g/mol. The van der Waals surface area contributed by atoms with Gasteiger partial charge in [-0.3, -0.25) is 19.7 Å². The molecule has 0 aromatic heterocycles. The van der Waals surface area contributed by atoms with Gasteiger partial charge in [-0.1, -0.05) is 39.3 Å². The highest BCUT2D eigenvalue weighted by Crippen LogP contribution is 2.19. The van der Waals surface area contributed by atoms with E-state index in [1.54, 1.807) is 29.2 Å². The number of piperazine rings is 1. The molecule has 0 bridgehead atoms. The van der Waals surface area contributed by atoms with Gasteiger partial charge in [0.15, 0.2) is 5.11 Å². The predicted molar refractivity (Wildman–Crippen MR) is 125 cm³/mol. The number of amides is 2. The molecule has 1 heterocycles. The number of thiocarbonyl (C=S) groups is 1. The first-order chi connectivity index (χ1) is 15.3. The first-order valence-corrected chi connectivity index (χ1v) is 11.5. The fourth-order valence-electron chi connectivity index (χ4n) is 3.13. The molecule has 9 heteroatoms.